The topological polar surface area (TPSA) is 49.7 Å². The van der Waals surface area contributed by atoms with Crippen LogP contribution in [-0.4, -0.2) is 28.7 Å². The molecule has 0 heterocycles. The summed E-state index contributed by atoms with van der Waals surface area (Å²) in [5, 5.41) is 0. The van der Waals surface area contributed by atoms with E-state index in [4.69, 9.17) is 4.52 Å². The van der Waals surface area contributed by atoms with Gasteiger partial charge in [0.2, 0.25) is 0 Å². The maximum atomic E-state index is 11.5. The van der Waals surface area contributed by atoms with Crippen molar-refractivity contribution in [3.63, 3.8) is 0 Å². The minimum absolute atomic E-state index is 0.265. The van der Waals surface area contributed by atoms with E-state index in [0.29, 0.717) is 30.8 Å². The van der Waals surface area contributed by atoms with Crippen LogP contribution in [0.25, 0.3) is 0 Å². The summed E-state index contributed by atoms with van der Waals surface area (Å²) in [5.41, 5.74) is 0.530. The molecule has 0 bridgehead atoms. The molecule has 0 saturated carbocycles. The monoisotopic (exact) mass is 448 g/mol. The van der Waals surface area contributed by atoms with Crippen molar-refractivity contribution in [3.8, 4) is 0 Å². The molecule has 0 aromatic carbocycles. The van der Waals surface area contributed by atoms with Gasteiger partial charge in [-0.3, -0.25) is 0 Å². The molecule has 0 aromatic rings. The van der Waals surface area contributed by atoms with Gasteiger partial charge in [0.25, 0.3) is 0 Å². The number of hydrogen-bond donors (Lipinski definition) is 2. The fraction of sp³-hybridized carbons (Fsp3) is 1.00. The van der Waals surface area contributed by atoms with Crippen LogP contribution in [0, 0.1) is 22.7 Å². The summed E-state index contributed by atoms with van der Waals surface area (Å²) in [4.78, 5) is 23.0. The number of hydrogen-bond acceptors (Lipinski definition) is 3. The van der Waals surface area contributed by atoms with Crippen molar-refractivity contribution in [1.82, 2.24) is 0 Å². The number of rotatable bonds is 16. The van der Waals surface area contributed by atoms with Crippen LogP contribution in [0.15, 0.2) is 0 Å². The van der Waals surface area contributed by atoms with Crippen molar-refractivity contribution in [1.29, 1.82) is 0 Å². The van der Waals surface area contributed by atoms with Gasteiger partial charge in [-0.25, -0.2) is 0 Å². The molecule has 0 aromatic heterocycles. The fourth-order valence-electron chi connectivity index (χ4n) is 4.65. The average Bonchev–Trinajstić information content (AvgIpc) is 2.55. The molecule has 184 valence electrons. The zero-order chi connectivity index (χ0) is 23.5. The summed E-state index contributed by atoms with van der Waals surface area (Å²) in [6, 6.07) is 0. The summed E-state index contributed by atoms with van der Waals surface area (Å²) in [7, 11) is -4.09. The van der Waals surface area contributed by atoms with E-state index in [1.54, 1.807) is 0 Å². The molecule has 0 aliphatic rings. The van der Waals surface area contributed by atoms with Crippen molar-refractivity contribution >= 4 is 7.28 Å². The van der Waals surface area contributed by atoms with Crippen LogP contribution in [0.5, 0.6) is 0 Å². The molecule has 4 heteroatoms. The van der Waals surface area contributed by atoms with E-state index in [0.717, 1.165) is 38.5 Å². The van der Waals surface area contributed by atoms with Crippen LogP contribution < -0.4 is 0 Å². The summed E-state index contributed by atoms with van der Waals surface area (Å²) in [6.07, 6.45) is 11.8. The Bertz CT molecular complexity index is 418. The number of unbranched alkanes of at least 4 members (excludes halogenated alkanes) is 5. The van der Waals surface area contributed by atoms with Crippen molar-refractivity contribution in [2.24, 2.45) is 22.7 Å². The van der Waals surface area contributed by atoms with Crippen molar-refractivity contribution < 1.29 is 14.3 Å². The molecular weight excluding hydrogens is 391 g/mol. The zero-order valence-corrected chi connectivity index (χ0v) is 23.0. The van der Waals surface area contributed by atoms with Crippen LogP contribution in [0.2, 0.25) is 0 Å². The van der Waals surface area contributed by atoms with Crippen LogP contribution in [-0.2, 0) is 4.52 Å². The minimum atomic E-state index is -4.09. The standard InChI is InChI=1S/C26H57O3P/c1-10-11-12-13-14-15-18-29-30(27,28,19-16-23(2)21-25(4,5)6)20-17-24(3)22-26(7,8)9/h23-24,27-28H,10-22H2,1-9H3. The normalized spacial score (nSPS) is 16.8. The van der Waals surface area contributed by atoms with E-state index < -0.39 is 7.28 Å². The zero-order valence-electron chi connectivity index (χ0n) is 22.1. The average molecular weight is 449 g/mol. The van der Waals surface area contributed by atoms with Gasteiger partial charge >= 0.3 is 190 Å². The Balaban J connectivity index is 4.86. The first-order valence-electron chi connectivity index (χ1n) is 12.7. The molecule has 0 saturated heterocycles. The summed E-state index contributed by atoms with van der Waals surface area (Å²) < 4.78 is 6.03. The van der Waals surface area contributed by atoms with Gasteiger partial charge in [-0.05, 0) is 0 Å². The van der Waals surface area contributed by atoms with E-state index in [9.17, 15) is 9.79 Å². The van der Waals surface area contributed by atoms with Gasteiger partial charge in [0.15, 0.2) is 0 Å². The second-order valence-electron chi connectivity index (χ2n) is 12.7. The second kappa shape index (κ2) is 13.1. The molecule has 30 heavy (non-hydrogen) atoms. The Morgan fingerprint density at radius 3 is 1.50 bits per heavy atom. The molecule has 0 spiro atoms. The van der Waals surface area contributed by atoms with E-state index in [1.807, 2.05) is 0 Å². The Labute approximate surface area is 189 Å². The van der Waals surface area contributed by atoms with Gasteiger partial charge in [0, 0.05) is 0 Å². The third-order valence-corrected chi connectivity index (χ3v) is 9.04. The predicted molar refractivity (Wildman–Crippen MR) is 136 cm³/mol. The Kier molecular flexibility index (Phi) is 13.3. The quantitative estimate of drug-likeness (QED) is 0.184. The fourth-order valence-corrected chi connectivity index (χ4v) is 7.60. The molecular formula is C26H57O3P. The van der Waals surface area contributed by atoms with Crippen molar-refractivity contribution in [2.45, 2.75) is 127 Å². The molecule has 0 amide bonds. The maximum absolute atomic E-state index is 11.5. The third kappa shape index (κ3) is 16.9. The van der Waals surface area contributed by atoms with Crippen LogP contribution in [0.4, 0.5) is 0 Å². The molecule has 0 fully saturated rings. The summed E-state index contributed by atoms with van der Waals surface area (Å²) in [5.74, 6) is 0.936. The first kappa shape index (κ1) is 30.3. The van der Waals surface area contributed by atoms with Crippen molar-refractivity contribution in [3.05, 3.63) is 0 Å². The van der Waals surface area contributed by atoms with Crippen molar-refractivity contribution in [2.75, 3.05) is 18.9 Å². The SMILES string of the molecule is CCCCCCCCOP(O)(O)(CCC(C)CC(C)(C)C)CCC(C)CC(C)(C)C. The molecule has 2 unspecified atom stereocenters. The molecule has 0 radical (unpaired) electrons. The van der Waals surface area contributed by atoms with Crippen LogP contribution in [0.1, 0.15) is 127 Å². The first-order chi connectivity index (χ1) is 13.5. The predicted octanol–water partition coefficient (Wildman–Crippen LogP) is 8.57. The van der Waals surface area contributed by atoms with Crippen LogP contribution >= 0.6 is 7.28 Å². The molecule has 2 atom stereocenters. The van der Waals surface area contributed by atoms with Gasteiger partial charge in [-0.1, -0.05) is 0 Å². The third-order valence-electron chi connectivity index (χ3n) is 5.95. The van der Waals surface area contributed by atoms with Gasteiger partial charge in [-0.2, -0.15) is 0 Å². The molecule has 3 nitrogen and oxygen atoms in total. The molecule has 2 N–H and O–H groups in total. The second-order valence-corrected chi connectivity index (χ2v) is 16.4. The Morgan fingerprint density at radius 2 is 1.10 bits per heavy atom. The van der Waals surface area contributed by atoms with Gasteiger partial charge in [0.1, 0.15) is 0 Å². The summed E-state index contributed by atoms with van der Waals surface area (Å²) >= 11 is 0. The first-order valence-corrected chi connectivity index (χ1v) is 15.1. The van der Waals surface area contributed by atoms with E-state index in [1.165, 1.54) is 25.7 Å². The van der Waals surface area contributed by atoms with Crippen LogP contribution in [0.3, 0.4) is 0 Å². The molecule has 0 rings (SSSR count). The molecule has 0 aliphatic carbocycles. The van der Waals surface area contributed by atoms with E-state index >= 15 is 0 Å². The van der Waals surface area contributed by atoms with Gasteiger partial charge in [-0.15, -0.1) is 0 Å². The van der Waals surface area contributed by atoms with Gasteiger partial charge < -0.3 is 0 Å². The Hall–Kier alpha value is 0.310. The van der Waals surface area contributed by atoms with E-state index in [-0.39, 0.29) is 10.8 Å². The summed E-state index contributed by atoms with van der Waals surface area (Å²) in [6.45, 7) is 20.7. The molecule has 0 aliphatic heterocycles. The van der Waals surface area contributed by atoms with Gasteiger partial charge in [0.05, 0.1) is 0 Å². The Morgan fingerprint density at radius 1 is 0.700 bits per heavy atom. The van der Waals surface area contributed by atoms with E-state index in [2.05, 4.69) is 62.3 Å².